The van der Waals surface area contributed by atoms with E-state index >= 15 is 0 Å². The van der Waals surface area contributed by atoms with Crippen LogP contribution in [0.2, 0.25) is 5.02 Å². The molecule has 2 aliphatic heterocycles. The number of piperazine rings is 1. The van der Waals surface area contributed by atoms with Crippen molar-refractivity contribution in [1.82, 2.24) is 14.3 Å². The van der Waals surface area contributed by atoms with Gasteiger partial charge < -0.3 is 9.80 Å². The van der Waals surface area contributed by atoms with Crippen LogP contribution in [0.25, 0.3) is 0 Å². The molecule has 5 nitrogen and oxygen atoms in total. The van der Waals surface area contributed by atoms with Crippen molar-refractivity contribution in [3.63, 3.8) is 0 Å². The van der Waals surface area contributed by atoms with E-state index in [0.717, 1.165) is 49.3 Å². The first-order valence-corrected chi connectivity index (χ1v) is 10.8. The zero-order valence-electron chi connectivity index (χ0n) is 15.7. The summed E-state index contributed by atoms with van der Waals surface area (Å²) in [5, 5.41) is 1.66. The number of nitrogens with zero attached hydrogens (tertiary/aromatic N) is 5. The van der Waals surface area contributed by atoms with Gasteiger partial charge in [-0.1, -0.05) is 23.7 Å². The smallest absolute Gasteiger partial charge is 0.251 e. The molecule has 0 N–H and O–H groups in total. The molecular formula is C19H24ClF2N5S. The van der Waals surface area contributed by atoms with Crippen LogP contribution in [0, 0.1) is 0 Å². The van der Waals surface area contributed by atoms with Gasteiger partial charge in [0.15, 0.2) is 0 Å². The van der Waals surface area contributed by atoms with Gasteiger partial charge in [0.2, 0.25) is 11.1 Å². The summed E-state index contributed by atoms with van der Waals surface area (Å²) in [4.78, 5) is 11.2. The van der Waals surface area contributed by atoms with Crippen LogP contribution in [0.4, 0.5) is 19.9 Å². The third-order valence-corrected chi connectivity index (χ3v) is 6.47. The molecule has 2 aliphatic rings. The SMILES string of the molecule is FC1(F)CCN(c2nsc(N3CCN(CCc4ccc(Cl)cc4)CC3)n2)CC1. The molecule has 2 fully saturated rings. The Morgan fingerprint density at radius 3 is 2.32 bits per heavy atom. The molecule has 0 unspecified atom stereocenters. The minimum atomic E-state index is -2.54. The first kappa shape index (κ1) is 19.8. The highest BCUT2D eigenvalue weighted by Crippen LogP contribution is 2.31. The fraction of sp³-hybridized carbons (Fsp3) is 0.579. The monoisotopic (exact) mass is 427 g/mol. The Morgan fingerprint density at radius 2 is 1.64 bits per heavy atom. The molecular weight excluding hydrogens is 404 g/mol. The van der Waals surface area contributed by atoms with E-state index in [-0.39, 0.29) is 12.8 Å². The summed E-state index contributed by atoms with van der Waals surface area (Å²) in [6.07, 6.45) is 0.779. The van der Waals surface area contributed by atoms with E-state index in [1.165, 1.54) is 17.1 Å². The van der Waals surface area contributed by atoms with Crippen LogP contribution < -0.4 is 9.80 Å². The van der Waals surface area contributed by atoms with Crippen LogP contribution in [-0.4, -0.2) is 66.0 Å². The van der Waals surface area contributed by atoms with Gasteiger partial charge in [0.1, 0.15) is 0 Å². The molecule has 0 spiro atoms. The van der Waals surface area contributed by atoms with Gasteiger partial charge in [-0.05, 0) is 24.1 Å². The van der Waals surface area contributed by atoms with Crippen molar-refractivity contribution in [2.24, 2.45) is 0 Å². The Balaban J connectivity index is 1.25. The van der Waals surface area contributed by atoms with Gasteiger partial charge in [-0.25, -0.2) is 8.78 Å². The maximum Gasteiger partial charge on any atom is 0.251 e. The van der Waals surface area contributed by atoms with Gasteiger partial charge in [0.25, 0.3) is 5.92 Å². The number of anilines is 2. The predicted octanol–water partition coefficient (Wildman–Crippen LogP) is 3.79. The summed E-state index contributed by atoms with van der Waals surface area (Å²) in [6, 6.07) is 8.03. The Morgan fingerprint density at radius 1 is 0.964 bits per heavy atom. The standard InChI is InChI=1S/C19H24ClF2N5S/c20-16-3-1-15(2-4-16)5-8-25-11-13-27(14-12-25)18-23-17(24-28-18)26-9-6-19(21,22)7-10-26/h1-4H,5-14H2. The average Bonchev–Trinajstić information content (AvgIpc) is 3.18. The largest absolute Gasteiger partial charge is 0.344 e. The maximum absolute atomic E-state index is 13.3. The number of piperidine rings is 1. The number of aromatic nitrogens is 2. The van der Waals surface area contributed by atoms with Crippen molar-refractivity contribution < 1.29 is 8.78 Å². The quantitative estimate of drug-likeness (QED) is 0.725. The molecule has 0 aliphatic carbocycles. The molecule has 3 heterocycles. The van der Waals surface area contributed by atoms with Gasteiger partial charge in [0.05, 0.1) is 0 Å². The normalized spacial score (nSPS) is 20.5. The minimum Gasteiger partial charge on any atom is -0.344 e. The number of halogens is 3. The Labute approximate surface area is 173 Å². The lowest BCUT2D eigenvalue weighted by Crippen LogP contribution is -2.47. The molecule has 1 aromatic carbocycles. The summed E-state index contributed by atoms with van der Waals surface area (Å²) in [5.41, 5.74) is 1.30. The van der Waals surface area contributed by atoms with Crippen molar-refractivity contribution in [3.05, 3.63) is 34.9 Å². The van der Waals surface area contributed by atoms with Crippen molar-refractivity contribution in [1.29, 1.82) is 0 Å². The second-order valence-corrected chi connectivity index (χ2v) is 8.59. The number of hydrogen-bond donors (Lipinski definition) is 0. The van der Waals surface area contributed by atoms with Gasteiger partial charge in [0, 0.05) is 75.2 Å². The Bertz CT molecular complexity index is 767. The highest BCUT2D eigenvalue weighted by Gasteiger charge is 2.35. The molecule has 4 rings (SSSR count). The number of alkyl halides is 2. The van der Waals surface area contributed by atoms with E-state index in [9.17, 15) is 8.78 Å². The minimum absolute atomic E-state index is 0.117. The van der Waals surface area contributed by atoms with Crippen LogP contribution in [-0.2, 0) is 6.42 Å². The highest BCUT2D eigenvalue weighted by atomic mass is 35.5. The second-order valence-electron chi connectivity index (χ2n) is 7.43. The fourth-order valence-electron chi connectivity index (χ4n) is 3.60. The molecule has 152 valence electrons. The van der Waals surface area contributed by atoms with E-state index < -0.39 is 5.92 Å². The maximum atomic E-state index is 13.3. The molecule has 2 aromatic rings. The summed E-state index contributed by atoms with van der Waals surface area (Å²) < 4.78 is 31.1. The van der Waals surface area contributed by atoms with Crippen molar-refractivity contribution in [2.75, 3.05) is 55.6 Å². The van der Waals surface area contributed by atoms with Gasteiger partial charge in [-0.2, -0.15) is 9.36 Å². The van der Waals surface area contributed by atoms with Crippen LogP contribution in [0.3, 0.4) is 0 Å². The molecule has 0 radical (unpaired) electrons. The van der Waals surface area contributed by atoms with E-state index in [1.807, 2.05) is 17.0 Å². The first-order chi connectivity index (χ1) is 13.5. The zero-order chi connectivity index (χ0) is 19.6. The van der Waals surface area contributed by atoms with Crippen LogP contribution in [0.1, 0.15) is 18.4 Å². The number of benzene rings is 1. The lowest BCUT2D eigenvalue weighted by molar-refractivity contribution is -0.0222. The number of rotatable bonds is 5. The highest BCUT2D eigenvalue weighted by molar-refractivity contribution is 7.09. The Kier molecular flexibility index (Phi) is 5.99. The van der Waals surface area contributed by atoms with Crippen LogP contribution in [0.15, 0.2) is 24.3 Å². The first-order valence-electron chi connectivity index (χ1n) is 9.67. The average molecular weight is 428 g/mol. The molecule has 28 heavy (non-hydrogen) atoms. The molecule has 2 saturated heterocycles. The van der Waals surface area contributed by atoms with Crippen molar-refractivity contribution in [3.8, 4) is 0 Å². The van der Waals surface area contributed by atoms with E-state index in [4.69, 9.17) is 11.6 Å². The lowest BCUT2D eigenvalue weighted by atomic mass is 10.1. The van der Waals surface area contributed by atoms with Gasteiger partial charge >= 0.3 is 0 Å². The molecule has 1 aromatic heterocycles. The summed E-state index contributed by atoms with van der Waals surface area (Å²) in [7, 11) is 0. The lowest BCUT2D eigenvalue weighted by Gasteiger charge is -2.34. The summed E-state index contributed by atoms with van der Waals surface area (Å²) in [5.74, 6) is -1.95. The topological polar surface area (TPSA) is 35.5 Å². The summed E-state index contributed by atoms with van der Waals surface area (Å²) in [6.45, 7) is 5.46. The molecule has 0 saturated carbocycles. The van der Waals surface area contributed by atoms with E-state index in [0.29, 0.717) is 19.0 Å². The predicted molar refractivity (Wildman–Crippen MR) is 110 cm³/mol. The van der Waals surface area contributed by atoms with Gasteiger partial charge in [-0.3, -0.25) is 4.90 Å². The van der Waals surface area contributed by atoms with Crippen LogP contribution in [0.5, 0.6) is 0 Å². The summed E-state index contributed by atoms with van der Waals surface area (Å²) >= 11 is 7.30. The molecule has 9 heteroatoms. The molecule has 0 bridgehead atoms. The Hall–Kier alpha value is -1.51. The van der Waals surface area contributed by atoms with Gasteiger partial charge in [-0.15, -0.1) is 0 Å². The zero-order valence-corrected chi connectivity index (χ0v) is 17.2. The van der Waals surface area contributed by atoms with Crippen molar-refractivity contribution >= 4 is 34.2 Å². The fourth-order valence-corrected chi connectivity index (χ4v) is 4.47. The van der Waals surface area contributed by atoms with E-state index in [1.54, 1.807) is 0 Å². The second kappa shape index (κ2) is 8.47. The third-order valence-electron chi connectivity index (χ3n) is 5.46. The van der Waals surface area contributed by atoms with Crippen LogP contribution >= 0.6 is 23.1 Å². The number of hydrogen-bond acceptors (Lipinski definition) is 6. The van der Waals surface area contributed by atoms with Crippen molar-refractivity contribution in [2.45, 2.75) is 25.2 Å². The van der Waals surface area contributed by atoms with E-state index in [2.05, 4.69) is 31.3 Å². The molecule has 0 atom stereocenters. The third kappa shape index (κ3) is 4.90. The molecule has 0 amide bonds.